The number of amides is 3. The van der Waals surface area contributed by atoms with E-state index in [1.807, 2.05) is 0 Å². The molecule has 1 aromatic carbocycles. The molecule has 0 unspecified atom stereocenters. The average molecular weight is 437 g/mol. The first-order valence-corrected chi connectivity index (χ1v) is 9.72. The molecule has 28 heavy (non-hydrogen) atoms. The van der Waals surface area contributed by atoms with Gasteiger partial charge in [-0.1, -0.05) is 35.3 Å². The molecule has 1 fully saturated rings. The molecular formula is C19H14Cl2N2O4S. The van der Waals surface area contributed by atoms with Crippen LogP contribution in [0.5, 0.6) is 0 Å². The molecule has 0 spiro atoms. The molecule has 1 aliphatic heterocycles. The lowest BCUT2D eigenvalue weighted by atomic mass is 10.2. The molecule has 2 heterocycles. The van der Waals surface area contributed by atoms with Gasteiger partial charge in [0, 0.05) is 19.2 Å². The standard InChI is InChI=1S/C19H14Cl2N2O4S/c20-14-5-1-3-12(17(14)21)11-15-18(25)23(19(26)28-15)9-8-22-16(24)7-6-13-4-2-10-27-13/h1-7,10-11H,8-9H2,(H,22,24)/b7-6+,15-11-. The van der Waals surface area contributed by atoms with E-state index < -0.39 is 11.1 Å². The molecule has 0 radical (unpaired) electrons. The molecule has 0 aliphatic carbocycles. The van der Waals surface area contributed by atoms with Crippen LogP contribution in [0.25, 0.3) is 12.2 Å². The number of carbonyl (C=O) groups is 3. The molecular weight excluding hydrogens is 423 g/mol. The highest BCUT2D eigenvalue weighted by molar-refractivity contribution is 8.18. The summed E-state index contributed by atoms with van der Waals surface area (Å²) in [6.45, 7) is 0.191. The van der Waals surface area contributed by atoms with Gasteiger partial charge in [-0.3, -0.25) is 19.3 Å². The van der Waals surface area contributed by atoms with E-state index in [2.05, 4.69) is 5.32 Å². The molecule has 144 valence electrons. The van der Waals surface area contributed by atoms with Crippen molar-refractivity contribution in [1.29, 1.82) is 0 Å². The second-order valence-electron chi connectivity index (χ2n) is 5.62. The van der Waals surface area contributed by atoms with Gasteiger partial charge in [0.1, 0.15) is 5.76 Å². The van der Waals surface area contributed by atoms with Gasteiger partial charge < -0.3 is 9.73 Å². The number of furan rings is 1. The number of halogens is 2. The SMILES string of the molecule is O=C(/C=C/c1ccco1)NCCN1C(=O)S/C(=C\c2cccc(Cl)c2Cl)C1=O. The van der Waals surface area contributed by atoms with E-state index in [1.54, 1.807) is 30.3 Å². The van der Waals surface area contributed by atoms with E-state index in [9.17, 15) is 14.4 Å². The molecule has 0 atom stereocenters. The number of rotatable bonds is 6. The second kappa shape index (κ2) is 9.14. The molecule has 1 N–H and O–H groups in total. The Morgan fingerprint density at radius 2 is 2.04 bits per heavy atom. The Morgan fingerprint density at radius 3 is 2.79 bits per heavy atom. The molecule has 9 heteroatoms. The van der Waals surface area contributed by atoms with Crippen LogP contribution >= 0.6 is 35.0 Å². The Labute approximate surface area is 175 Å². The highest BCUT2D eigenvalue weighted by atomic mass is 35.5. The summed E-state index contributed by atoms with van der Waals surface area (Å²) in [6, 6.07) is 8.46. The summed E-state index contributed by atoms with van der Waals surface area (Å²) >= 11 is 12.9. The summed E-state index contributed by atoms with van der Waals surface area (Å²) < 4.78 is 5.08. The molecule has 1 aliphatic rings. The van der Waals surface area contributed by atoms with Crippen LogP contribution in [0.2, 0.25) is 10.0 Å². The fourth-order valence-electron chi connectivity index (χ4n) is 2.36. The second-order valence-corrected chi connectivity index (χ2v) is 7.39. The van der Waals surface area contributed by atoms with Crippen LogP contribution in [0.3, 0.4) is 0 Å². The Morgan fingerprint density at radius 1 is 1.21 bits per heavy atom. The first-order valence-electron chi connectivity index (χ1n) is 8.14. The summed E-state index contributed by atoms with van der Waals surface area (Å²) in [5.74, 6) is -0.248. The summed E-state index contributed by atoms with van der Waals surface area (Å²) in [6.07, 6.45) is 5.87. The van der Waals surface area contributed by atoms with Gasteiger partial charge >= 0.3 is 0 Å². The molecule has 0 saturated carbocycles. The largest absolute Gasteiger partial charge is 0.465 e. The summed E-state index contributed by atoms with van der Waals surface area (Å²) in [4.78, 5) is 37.7. The summed E-state index contributed by atoms with van der Waals surface area (Å²) in [7, 11) is 0. The first-order chi connectivity index (χ1) is 13.5. The van der Waals surface area contributed by atoms with Crippen LogP contribution in [0.1, 0.15) is 11.3 Å². The number of imide groups is 1. The maximum absolute atomic E-state index is 12.5. The molecule has 6 nitrogen and oxygen atoms in total. The molecule has 1 saturated heterocycles. The number of hydrogen-bond donors (Lipinski definition) is 1. The van der Waals surface area contributed by atoms with Crippen molar-refractivity contribution in [1.82, 2.24) is 10.2 Å². The van der Waals surface area contributed by atoms with Crippen molar-refractivity contribution in [3.8, 4) is 0 Å². The van der Waals surface area contributed by atoms with Crippen molar-refractivity contribution in [2.75, 3.05) is 13.1 Å². The molecule has 0 bridgehead atoms. The van der Waals surface area contributed by atoms with Gasteiger partial charge in [-0.25, -0.2) is 0 Å². The van der Waals surface area contributed by atoms with Crippen LogP contribution in [0.15, 0.2) is 52.0 Å². The number of benzene rings is 1. The van der Waals surface area contributed by atoms with Crippen molar-refractivity contribution >= 4 is 64.2 Å². The van der Waals surface area contributed by atoms with E-state index in [0.717, 1.165) is 16.7 Å². The van der Waals surface area contributed by atoms with E-state index in [-0.39, 0.29) is 23.9 Å². The van der Waals surface area contributed by atoms with Gasteiger partial charge in [0.15, 0.2) is 0 Å². The Kier molecular flexibility index (Phi) is 6.61. The van der Waals surface area contributed by atoms with E-state index in [0.29, 0.717) is 21.4 Å². The zero-order valence-corrected chi connectivity index (χ0v) is 16.7. The monoisotopic (exact) mass is 436 g/mol. The molecule has 3 rings (SSSR count). The quantitative estimate of drug-likeness (QED) is 0.676. The molecule has 1 aromatic heterocycles. The van der Waals surface area contributed by atoms with Gasteiger partial charge in [-0.05, 0) is 47.7 Å². The maximum atomic E-state index is 12.5. The van der Waals surface area contributed by atoms with Crippen LogP contribution in [0.4, 0.5) is 4.79 Å². The maximum Gasteiger partial charge on any atom is 0.293 e. The predicted molar refractivity (Wildman–Crippen MR) is 110 cm³/mol. The number of nitrogens with zero attached hydrogens (tertiary/aromatic N) is 1. The van der Waals surface area contributed by atoms with Crippen LogP contribution in [-0.4, -0.2) is 35.0 Å². The fraction of sp³-hybridized carbons (Fsp3) is 0.105. The van der Waals surface area contributed by atoms with Gasteiger partial charge in [-0.2, -0.15) is 0 Å². The van der Waals surface area contributed by atoms with Crippen LogP contribution in [-0.2, 0) is 9.59 Å². The number of hydrogen-bond acceptors (Lipinski definition) is 5. The zero-order valence-electron chi connectivity index (χ0n) is 14.4. The minimum absolute atomic E-state index is 0.0611. The van der Waals surface area contributed by atoms with Gasteiger partial charge in [0.05, 0.1) is 21.2 Å². The lowest BCUT2D eigenvalue weighted by Gasteiger charge is -2.12. The smallest absolute Gasteiger partial charge is 0.293 e. The minimum Gasteiger partial charge on any atom is -0.465 e. The van der Waals surface area contributed by atoms with E-state index >= 15 is 0 Å². The Bertz CT molecular complexity index is 970. The minimum atomic E-state index is -0.439. The lowest BCUT2D eigenvalue weighted by Crippen LogP contribution is -2.36. The predicted octanol–water partition coefficient (Wildman–Crippen LogP) is 4.45. The van der Waals surface area contributed by atoms with Crippen LogP contribution < -0.4 is 5.32 Å². The Hall–Kier alpha value is -2.48. The zero-order chi connectivity index (χ0) is 20.1. The molecule has 3 amide bonds. The fourth-order valence-corrected chi connectivity index (χ4v) is 3.58. The van der Waals surface area contributed by atoms with E-state index in [1.165, 1.54) is 24.5 Å². The third-order valence-electron chi connectivity index (χ3n) is 3.72. The van der Waals surface area contributed by atoms with Gasteiger partial charge in [-0.15, -0.1) is 0 Å². The highest BCUT2D eigenvalue weighted by Crippen LogP contribution is 2.34. The van der Waals surface area contributed by atoms with Crippen molar-refractivity contribution in [3.05, 3.63) is 68.9 Å². The van der Waals surface area contributed by atoms with Crippen molar-refractivity contribution in [2.24, 2.45) is 0 Å². The van der Waals surface area contributed by atoms with Crippen molar-refractivity contribution in [2.45, 2.75) is 0 Å². The van der Waals surface area contributed by atoms with Gasteiger partial charge in [0.25, 0.3) is 11.1 Å². The Balaban J connectivity index is 1.57. The third-order valence-corrected chi connectivity index (χ3v) is 5.46. The number of carbonyl (C=O) groups excluding carboxylic acids is 3. The van der Waals surface area contributed by atoms with Gasteiger partial charge in [0.2, 0.25) is 5.91 Å². The van der Waals surface area contributed by atoms with Crippen molar-refractivity contribution in [3.63, 3.8) is 0 Å². The summed E-state index contributed by atoms with van der Waals surface area (Å²) in [5, 5.41) is 2.88. The highest BCUT2D eigenvalue weighted by Gasteiger charge is 2.34. The lowest BCUT2D eigenvalue weighted by molar-refractivity contribution is -0.123. The number of nitrogens with one attached hydrogen (secondary N) is 1. The first kappa shape index (κ1) is 20.3. The van der Waals surface area contributed by atoms with E-state index in [4.69, 9.17) is 27.6 Å². The summed E-state index contributed by atoms with van der Waals surface area (Å²) in [5.41, 5.74) is 0.552. The normalized spacial score (nSPS) is 15.8. The average Bonchev–Trinajstić information content (AvgIpc) is 3.27. The topological polar surface area (TPSA) is 79.6 Å². The number of thioether (sulfide) groups is 1. The van der Waals surface area contributed by atoms with Crippen LogP contribution in [0, 0.1) is 0 Å². The third kappa shape index (κ3) is 4.86. The molecule has 2 aromatic rings. The van der Waals surface area contributed by atoms with Crippen molar-refractivity contribution < 1.29 is 18.8 Å².